The Labute approximate surface area is 101 Å². The first-order valence-corrected chi connectivity index (χ1v) is 6.30. The first-order valence-electron chi connectivity index (χ1n) is 6.30. The van der Waals surface area contributed by atoms with Crippen LogP contribution < -0.4 is 5.73 Å². The molecule has 1 aromatic heterocycles. The summed E-state index contributed by atoms with van der Waals surface area (Å²) >= 11 is 0. The normalized spacial score (nSPS) is 17.2. The number of nitrogens with two attached hydrogens (primary N) is 1. The summed E-state index contributed by atoms with van der Waals surface area (Å²) in [6.07, 6.45) is 8.55. The molecule has 3 nitrogen and oxygen atoms in total. The second-order valence-electron chi connectivity index (χ2n) is 4.90. The standard InChI is InChI=1S/C14H17N3/c15-12(7-6-10-4-5-10)11-2-1-3-13-14(11)17-9-8-16-13/h1-3,8-10,12H,4-7,15H2. The fourth-order valence-corrected chi connectivity index (χ4v) is 2.29. The maximum absolute atomic E-state index is 6.27. The molecule has 17 heavy (non-hydrogen) atoms. The Kier molecular flexibility index (Phi) is 2.77. The minimum Gasteiger partial charge on any atom is -0.324 e. The monoisotopic (exact) mass is 227 g/mol. The Bertz CT molecular complexity index is 514. The zero-order chi connectivity index (χ0) is 11.7. The highest BCUT2D eigenvalue weighted by molar-refractivity contribution is 5.77. The van der Waals surface area contributed by atoms with Gasteiger partial charge in [0.2, 0.25) is 0 Å². The molecule has 3 rings (SSSR count). The summed E-state index contributed by atoms with van der Waals surface area (Å²) in [4.78, 5) is 8.72. The summed E-state index contributed by atoms with van der Waals surface area (Å²) in [6, 6.07) is 6.17. The quantitative estimate of drug-likeness (QED) is 0.873. The van der Waals surface area contributed by atoms with Gasteiger partial charge in [-0.1, -0.05) is 25.0 Å². The van der Waals surface area contributed by atoms with Gasteiger partial charge in [-0.05, 0) is 30.4 Å². The summed E-state index contributed by atoms with van der Waals surface area (Å²) in [5.41, 5.74) is 9.30. The largest absolute Gasteiger partial charge is 0.324 e. The SMILES string of the molecule is NC(CCC1CC1)c1cccc2nccnc12. The van der Waals surface area contributed by atoms with E-state index in [1.165, 1.54) is 19.3 Å². The van der Waals surface area contributed by atoms with E-state index in [9.17, 15) is 0 Å². The van der Waals surface area contributed by atoms with Gasteiger partial charge < -0.3 is 5.73 Å². The zero-order valence-corrected chi connectivity index (χ0v) is 9.84. The summed E-state index contributed by atoms with van der Waals surface area (Å²) in [5.74, 6) is 0.933. The molecule has 1 heterocycles. The molecule has 2 N–H and O–H groups in total. The highest BCUT2D eigenvalue weighted by Crippen LogP contribution is 2.35. The summed E-state index contributed by atoms with van der Waals surface area (Å²) < 4.78 is 0. The third-order valence-electron chi connectivity index (χ3n) is 3.51. The van der Waals surface area contributed by atoms with E-state index in [-0.39, 0.29) is 6.04 Å². The number of hydrogen-bond donors (Lipinski definition) is 1. The number of rotatable bonds is 4. The molecule has 0 bridgehead atoms. The minimum atomic E-state index is 0.0935. The van der Waals surface area contributed by atoms with Crippen LogP contribution in [-0.4, -0.2) is 9.97 Å². The van der Waals surface area contributed by atoms with Gasteiger partial charge in [0.15, 0.2) is 0 Å². The van der Waals surface area contributed by atoms with Gasteiger partial charge in [0, 0.05) is 18.4 Å². The molecule has 88 valence electrons. The molecule has 1 saturated carbocycles. The molecule has 2 aromatic rings. The van der Waals surface area contributed by atoms with Crippen LogP contribution in [0.4, 0.5) is 0 Å². The van der Waals surface area contributed by atoms with Crippen LogP contribution in [0.25, 0.3) is 11.0 Å². The Balaban J connectivity index is 1.87. The smallest absolute Gasteiger partial charge is 0.0934 e. The Morgan fingerprint density at radius 2 is 2.06 bits per heavy atom. The highest BCUT2D eigenvalue weighted by Gasteiger charge is 2.22. The number of para-hydroxylation sites is 1. The van der Waals surface area contributed by atoms with Crippen molar-refractivity contribution in [3.05, 3.63) is 36.2 Å². The van der Waals surface area contributed by atoms with Crippen molar-refractivity contribution >= 4 is 11.0 Å². The lowest BCUT2D eigenvalue weighted by atomic mass is 10.00. The second kappa shape index (κ2) is 4.41. The third-order valence-corrected chi connectivity index (χ3v) is 3.51. The van der Waals surface area contributed by atoms with Gasteiger partial charge in [0.1, 0.15) is 0 Å². The molecular formula is C14H17N3. The van der Waals surface area contributed by atoms with E-state index in [1.807, 2.05) is 12.1 Å². The maximum atomic E-state index is 6.27. The van der Waals surface area contributed by atoms with E-state index in [4.69, 9.17) is 5.73 Å². The fraction of sp³-hybridized carbons (Fsp3) is 0.429. The minimum absolute atomic E-state index is 0.0935. The number of fused-ring (bicyclic) bond motifs is 1. The van der Waals surface area contributed by atoms with Gasteiger partial charge in [-0.25, -0.2) is 0 Å². The van der Waals surface area contributed by atoms with Crippen LogP contribution in [-0.2, 0) is 0 Å². The van der Waals surface area contributed by atoms with Crippen LogP contribution in [0.1, 0.15) is 37.3 Å². The predicted octanol–water partition coefficient (Wildman–Crippen LogP) is 2.82. The van der Waals surface area contributed by atoms with Gasteiger partial charge in [0.05, 0.1) is 11.0 Å². The lowest BCUT2D eigenvalue weighted by Crippen LogP contribution is -2.11. The van der Waals surface area contributed by atoms with Crippen molar-refractivity contribution in [3.8, 4) is 0 Å². The molecule has 0 spiro atoms. The van der Waals surface area contributed by atoms with Crippen molar-refractivity contribution < 1.29 is 0 Å². The van der Waals surface area contributed by atoms with Crippen LogP contribution in [0, 0.1) is 5.92 Å². The fourth-order valence-electron chi connectivity index (χ4n) is 2.29. The van der Waals surface area contributed by atoms with Crippen LogP contribution in [0.5, 0.6) is 0 Å². The van der Waals surface area contributed by atoms with Gasteiger partial charge >= 0.3 is 0 Å². The molecular weight excluding hydrogens is 210 g/mol. The van der Waals surface area contributed by atoms with Gasteiger partial charge in [0.25, 0.3) is 0 Å². The molecule has 1 fully saturated rings. The van der Waals surface area contributed by atoms with Crippen molar-refractivity contribution in [2.75, 3.05) is 0 Å². The Morgan fingerprint density at radius 3 is 2.88 bits per heavy atom. The second-order valence-corrected chi connectivity index (χ2v) is 4.90. The van der Waals surface area contributed by atoms with Crippen LogP contribution in [0.3, 0.4) is 0 Å². The molecule has 0 saturated heterocycles. The molecule has 0 aliphatic heterocycles. The van der Waals surface area contributed by atoms with Crippen molar-refractivity contribution in [2.45, 2.75) is 31.7 Å². The average molecular weight is 227 g/mol. The van der Waals surface area contributed by atoms with Crippen molar-refractivity contribution in [1.29, 1.82) is 0 Å². The van der Waals surface area contributed by atoms with E-state index < -0.39 is 0 Å². The Hall–Kier alpha value is -1.48. The lowest BCUT2D eigenvalue weighted by Gasteiger charge is -2.13. The van der Waals surface area contributed by atoms with Crippen LogP contribution >= 0.6 is 0 Å². The number of nitrogens with zero attached hydrogens (tertiary/aromatic N) is 2. The summed E-state index contributed by atoms with van der Waals surface area (Å²) in [7, 11) is 0. The van der Waals surface area contributed by atoms with E-state index in [0.717, 1.165) is 28.9 Å². The van der Waals surface area contributed by atoms with Crippen molar-refractivity contribution in [1.82, 2.24) is 9.97 Å². The molecule has 1 aliphatic carbocycles. The van der Waals surface area contributed by atoms with Crippen molar-refractivity contribution in [2.24, 2.45) is 11.7 Å². The van der Waals surface area contributed by atoms with Gasteiger partial charge in [-0.3, -0.25) is 9.97 Å². The van der Waals surface area contributed by atoms with Gasteiger partial charge in [-0.15, -0.1) is 0 Å². The lowest BCUT2D eigenvalue weighted by molar-refractivity contribution is 0.577. The third kappa shape index (κ3) is 2.29. The molecule has 3 heteroatoms. The first kappa shape index (κ1) is 10.7. The molecule has 1 unspecified atom stereocenters. The highest BCUT2D eigenvalue weighted by atomic mass is 14.8. The van der Waals surface area contributed by atoms with Gasteiger partial charge in [-0.2, -0.15) is 0 Å². The topological polar surface area (TPSA) is 51.8 Å². The van der Waals surface area contributed by atoms with E-state index >= 15 is 0 Å². The zero-order valence-electron chi connectivity index (χ0n) is 9.84. The molecule has 0 radical (unpaired) electrons. The van der Waals surface area contributed by atoms with E-state index in [0.29, 0.717) is 0 Å². The number of benzene rings is 1. The maximum Gasteiger partial charge on any atom is 0.0934 e. The van der Waals surface area contributed by atoms with E-state index in [1.54, 1.807) is 12.4 Å². The van der Waals surface area contributed by atoms with Crippen LogP contribution in [0.2, 0.25) is 0 Å². The van der Waals surface area contributed by atoms with E-state index in [2.05, 4.69) is 16.0 Å². The van der Waals surface area contributed by atoms with Crippen LogP contribution in [0.15, 0.2) is 30.6 Å². The number of aromatic nitrogens is 2. The molecule has 1 atom stereocenters. The Morgan fingerprint density at radius 1 is 1.24 bits per heavy atom. The molecule has 1 aliphatic rings. The number of hydrogen-bond acceptors (Lipinski definition) is 3. The summed E-state index contributed by atoms with van der Waals surface area (Å²) in [5, 5.41) is 0. The average Bonchev–Trinajstić information content (AvgIpc) is 3.19. The molecule has 1 aromatic carbocycles. The predicted molar refractivity (Wildman–Crippen MR) is 68.4 cm³/mol. The summed E-state index contributed by atoms with van der Waals surface area (Å²) in [6.45, 7) is 0. The van der Waals surface area contributed by atoms with Crippen molar-refractivity contribution in [3.63, 3.8) is 0 Å². The molecule has 0 amide bonds. The first-order chi connectivity index (χ1) is 8.34.